The normalized spacial score (nSPS) is 17.9. The first-order valence-corrected chi connectivity index (χ1v) is 10.6. The molecule has 0 spiro atoms. The van der Waals surface area contributed by atoms with Gasteiger partial charge in [-0.05, 0) is 61.8 Å². The van der Waals surface area contributed by atoms with Gasteiger partial charge < -0.3 is 10.6 Å². The van der Waals surface area contributed by atoms with E-state index in [2.05, 4.69) is 55.7 Å². The number of nitrogens with one attached hydrogen (secondary N) is 2. The van der Waals surface area contributed by atoms with Crippen LogP contribution in [0.1, 0.15) is 87.4 Å². The lowest BCUT2D eigenvalue weighted by Gasteiger charge is -2.23. The monoisotopic (exact) mass is 364 g/mol. The molecule has 144 valence electrons. The van der Waals surface area contributed by atoms with Crippen molar-refractivity contribution in [2.24, 2.45) is 0 Å². The molecule has 4 nitrogen and oxygen atoms in total. The number of aryl methyl sites for hydroxylation is 1. The van der Waals surface area contributed by atoms with Crippen molar-refractivity contribution in [2.45, 2.75) is 83.6 Å². The first-order chi connectivity index (χ1) is 13.1. The number of hydrogen-bond donors (Lipinski definition) is 2. The van der Waals surface area contributed by atoms with Crippen molar-refractivity contribution in [1.82, 2.24) is 9.97 Å². The average Bonchev–Trinajstić information content (AvgIpc) is 3.47. The third kappa shape index (κ3) is 4.60. The zero-order valence-electron chi connectivity index (χ0n) is 16.9. The highest BCUT2D eigenvalue weighted by Crippen LogP contribution is 2.40. The highest BCUT2D eigenvalue weighted by molar-refractivity contribution is 5.60. The van der Waals surface area contributed by atoms with Gasteiger partial charge in [0.15, 0.2) is 0 Å². The second-order valence-corrected chi connectivity index (χ2v) is 8.61. The van der Waals surface area contributed by atoms with Gasteiger partial charge in [-0.3, -0.25) is 0 Å². The Kier molecular flexibility index (Phi) is 5.33. The fourth-order valence-electron chi connectivity index (χ4n) is 4.16. The van der Waals surface area contributed by atoms with Crippen LogP contribution in [0.15, 0.2) is 24.3 Å². The molecule has 4 heteroatoms. The van der Waals surface area contributed by atoms with Crippen molar-refractivity contribution >= 4 is 17.5 Å². The summed E-state index contributed by atoms with van der Waals surface area (Å²) in [5.74, 6) is 2.86. The Morgan fingerprint density at radius 1 is 0.963 bits per heavy atom. The smallest absolute Gasteiger partial charge is 0.225 e. The molecule has 0 unspecified atom stereocenters. The molecular weight excluding hydrogens is 332 g/mol. The van der Waals surface area contributed by atoms with E-state index in [4.69, 9.17) is 9.97 Å². The number of rotatable bonds is 6. The van der Waals surface area contributed by atoms with E-state index in [9.17, 15) is 0 Å². The number of benzene rings is 1. The summed E-state index contributed by atoms with van der Waals surface area (Å²) in [4.78, 5) is 9.61. The highest BCUT2D eigenvalue weighted by Gasteiger charge is 2.26. The summed E-state index contributed by atoms with van der Waals surface area (Å²) in [6, 6.07) is 9.27. The maximum atomic E-state index is 4.82. The summed E-state index contributed by atoms with van der Waals surface area (Å²) >= 11 is 0. The van der Waals surface area contributed by atoms with Crippen LogP contribution in [0.2, 0.25) is 0 Å². The summed E-state index contributed by atoms with van der Waals surface area (Å²) in [5.41, 5.74) is 5.01. The van der Waals surface area contributed by atoms with Crippen LogP contribution in [0.5, 0.6) is 0 Å². The second-order valence-electron chi connectivity index (χ2n) is 8.61. The molecule has 0 radical (unpaired) electrons. The molecule has 1 heterocycles. The Morgan fingerprint density at radius 2 is 1.74 bits per heavy atom. The summed E-state index contributed by atoms with van der Waals surface area (Å²) in [6.45, 7) is 6.67. The first-order valence-electron chi connectivity index (χ1n) is 10.6. The zero-order chi connectivity index (χ0) is 18.8. The third-order valence-corrected chi connectivity index (χ3v) is 5.84. The summed E-state index contributed by atoms with van der Waals surface area (Å²) in [5, 5.41) is 7.12. The Balaban J connectivity index is 1.55. The van der Waals surface area contributed by atoms with E-state index in [1.54, 1.807) is 0 Å². The molecular formula is C23H32N4. The van der Waals surface area contributed by atoms with Crippen LogP contribution >= 0.6 is 0 Å². The Morgan fingerprint density at radius 3 is 2.41 bits per heavy atom. The Labute approximate surface area is 163 Å². The lowest BCUT2D eigenvalue weighted by atomic mass is 9.96. The second kappa shape index (κ2) is 7.87. The van der Waals surface area contributed by atoms with Gasteiger partial charge in [-0.25, -0.2) is 4.98 Å². The molecule has 0 atom stereocenters. The van der Waals surface area contributed by atoms with Crippen LogP contribution in [-0.4, -0.2) is 16.0 Å². The number of anilines is 3. The average molecular weight is 365 g/mol. The quantitative estimate of drug-likeness (QED) is 0.634. The Hall–Kier alpha value is -2.10. The van der Waals surface area contributed by atoms with Gasteiger partial charge in [-0.1, -0.05) is 39.2 Å². The molecule has 2 aliphatic carbocycles. The number of nitrogens with zero attached hydrogens (tertiary/aromatic N) is 2. The van der Waals surface area contributed by atoms with E-state index >= 15 is 0 Å². The fraction of sp³-hybridized carbons (Fsp3) is 0.565. The minimum atomic E-state index is 0.522. The van der Waals surface area contributed by atoms with Gasteiger partial charge >= 0.3 is 0 Å². The SMILES string of the molecule is Cc1cc(Nc2cc(C3CC3)nc(NC3CCCCC3)n2)ccc1C(C)C. The summed E-state index contributed by atoms with van der Waals surface area (Å²) < 4.78 is 0. The van der Waals surface area contributed by atoms with E-state index < -0.39 is 0 Å². The molecule has 2 fully saturated rings. The third-order valence-electron chi connectivity index (χ3n) is 5.84. The highest BCUT2D eigenvalue weighted by atomic mass is 15.2. The molecule has 1 aromatic carbocycles. The molecule has 1 aromatic heterocycles. The van der Waals surface area contributed by atoms with Crippen molar-refractivity contribution in [1.29, 1.82) is 0 Å². The van der Waals surface area contributed by atoms with E-state index in [-0.39, 0.29) is 0 Å². The minimum absolute atomic E-state index is 0.522. The van der Waals surface area contributed by atoms with Gasteiger partial charge in [0.2, 0.25) is 5.95 Å². The van der Waals surface area contributed by atoms with Crippen LogP contribution in [0.4, 0.5) is 17.5 Å². The van der Waals surface area contributed by atoms with Crippen LogP contribution in [0.3, 0.4) is 0 Å². The van der Waals surface area contributed by atoms with Gasteiger partial charge in [0.05, 0.1) is 5.69 Å². The minimum Gasteiger partial charge on any atom is -0.351 e. The van der Waals surface area contributed by atoms with E-state index in [1.807, 2.05) is 0 Å². The van der Waals surface area contributed by atoms with Crippen molar-refractivity contribution in [3.05, 3.63) is 41.1 Å². The summed E-state index contributed by atoms with van der Waals surface area (Å²) in [6.07, 6.45) is 8.95. The summed E-state index contributed by atoms with van der Waals surface area (Å²) in [7, 11) is 0. The van der Waals surface area contributed by atoms with Crippen LogP contribution in [0.25, 0.3) is 0 Å². The van der Waals surface area contributed by atoms with Gasteiger partial charge in [-0.2, -0.15) is 4.98 Å². The molecule has 0 amide bonds. The number of aromatic nitrogens is 2. The molecule has 0 bridgehead atoms. The standard InChI is InChI=1S/C23H32N4/c1-15(2)20-12-11-19(13-16(20)3)24-22-14-21(17-9-10-17)26-23(27-22)25-18-7-5-4-6-8-18/h11-15,17-18H,4-10H2,1-3H3,(H2,24,25,26,27). The van der Waals surface area contributed by atoms with Gasteiger partial charge in [0.1, 0.15) is 5.82 Å². The molecule has 2 aromatic rings. The predicted octanol–water partition coefficient (Wildman–Crippen LogP) is 6.27. The Bertz CT molecular complexity index is 789. The number of hydrogen-bond acceptors (Lipinski definition) is 4. The molecule has 4 rings (SSSR count). The maximum Gasteiger partial charge on any atom is 0.225 e. The van der Waals surface area contributed by atoms with Crippen LogP contribution in [-0.2, 0) is 0 Å². The first kappa shape index (κ1) is 18.3. The van der Waals surface area contributed by atoms with Gasteiger partial charge in [0.25, 0.3) is 0 Å². The largest absolute Gasteiger partial charge is 0.351 e. The lowest BCUT2D eigenvalue weighted by molar-refractivity contribution is 0.460. The van der Waals surface area contributed by atoms with Crippen molar-refractivity contribution < 1.29 is 0 Å². The fourth-order valence-corrected chi connectivity index (χ4v) is 4.16. The molecule has 2 saturated carbocycles. The molecule has 2 N–H and O–H groups in total. The van der Waals surface area contributed by atoms with Crippen molar-refractivity contribution in [3.63, 3.8) is 0 Å². The molecule has 2 aliphatic rings. The molecule has 0 aliphatic heterocycles. The van der Waals surface area contributed by atoms with E-state index in [0.29, 0.717) is 17.9 Å². The van der Waals surface area contributed by atoms with Crippen molar-refractivity contribution in [2.75, 3.05) is 10.6 Å². The lowest BCUT2D eigenvalue weighted by Crippen LogP contribution is -2.23. The topological polar surface area (TPSA) is 49.8 Å². The van der Waals surface area contributed by atoms with Crippen LogP contribution in [0, 0.1) is 6.92 Å². The van der Waals surface area contributed by atoms with Gasteiger partial charge in [-0.15, -0.1) is 0 Å². The van der Waals surface area contributed by atoms with Gasteiger partial charge in [0, 0.05) is 23.7 Å². The molecule has 27 heavy (non-hydrogen) atoms. The van der Waals surface area contributed by atoms with Crippen molar-refractivity contribution in [3.8, 4) is 0 Å². The zero-order valence-corrected chi connectivity index (χ0v) is 16.9. The van der Waals surface area contributed by atoms with E-state index in [1.165, 1.54) is 61.8 Å². The van der Waals surface area contributed by atoms with Crippen LogP contribution < -0.4 is 10.6 Å². The van der Waals surface area contributed by atoms with E-state index in [0.717, 1.165) is 17.5 Å². The molecule has 0 saturated heterocycles. The predicted molar refractivity (Wildman–Crippen MR) is 113 cm³/mol. The maximum absolute atomic E-state index is 4.82.